The maximum Gasteiger partial charge on any atom is 0.328 e. The average molecular weight is 296 g/mol. The lowest BCUT2D eigenvalue weighted by Crippen LogP contribution is -2.49. The molecule has 1 heterocycles. The van der Waals surface area contributed by atoms with Gasteiger partial charge in [0.1, 0.15) is 6.04 Å². The number of hydrogen-bond acceptors (Lipinski definition) is 3. The highest BCUT2D eigenvalue weighted by molar-refractivity contribution is 6.30. The molecule has 0 N–H and O–H groups in total. The Morgan fingerprint density at radius 2 is 2.20 bits per heavy atom. The van der Waals surface area contributed by atoms with E-state index in [2.05, 4.69) is 0 Å². The van der Waals surface area contributed by atoms with Crippen LogP contribution in [-0.2, 0) is 20.7 Å². The van der Waals surface area contributed by atoms with E-state index in [1.165, 1.54) is 7.11 Å². The number of carbonyl (C=O) groups excluding carboxylic acids is 2. The predicted molar refractivity (Wildman–Crippen MR) is 76.5 cm³/mol. The highest BCUT2D eigenvalue weighted by Crippen LogP contribution is 2.20. The Kier molecular flexibility index (Phi) is 5.01. The minimum Gasteiger partial charge on any atom is -0.467 e. The molecule has 0 aromatic heterocycles. The molecule has 0 radical (unpaired) electrons. The van der Waals surface area contributed by atoms with Crippen molar-refractivity contribution >= 4 is 23.5 Å². The first-order chi connectivity index (χ1) is 9.61. The monoisotopic (exact) mass is 295 g/mol. The number of nitrogens with zero attached hydrogens (tertiary/aromatic N) is 1. The van der Waals surface area contributed by atoms with Gasteiger partial charge in [0.15, 0.2) is 0 Å². The summed E-state index contributed by atoms with van der Waals surface area (Å²) in [4.78, 5) is 25.8. The summed E-state index contributed by atoms with van der Waals surface area (Å²) in [5.74, 6) is -0.383. The first-order valence-electron chi connectivity index (χ1n) is 6.73. The molecule has 1 amide bonds. The maximum absolute atomic E-state index is 12.4. The Morgan fingerprint density at radius 1 is 1.40 bits per heavy atom. The fraction of sp³-hybridized carbons (Fsp3) is 0.467. The second-order valence-electron chi connectivity index (χ2n) is 4.93. The molecule has 1 aromatic carbocycles. The van der Waals surface area contributed by atoms with E-state index in [-0.39, 0.29) is 18.3 Å². The van der Waals surface area contributed by atoms with Crippen LogP contribution in [-0.4, -0.2) is 36.5 Å². The summed E-state index contributed by atoms with van der Waals surface area (Å²) in [5, 5.41) is 0.610. The van der Waals surface area contributed by atoms with Crippen LogP contribution in [0.5, 0.6) is 0 Å². The standard InChI is InChI=1S/C15H18ClNO3/c1-20-15(19)13-7-2-3-8-17(13)14(18)10-11-5-4-6-12(16)9-11/h4-6,9,13H,2-3,7-8,10H2,1H3/t13-/m1/s1. The van der Waals surface area contributed by atoms with Crippen LogP contribution in [0.1, 0.15) is 24.8 Å². The Hall–Kier alpha value is -1.55. The van der Waals surface area contributed by atoms with E-state index in [1.807, 2.05) is 12.1 Å². The van der Waals surface area contributed by atoms with Crippen molar-refractivity contribution in [3.05, 3.63) is 34.9 Å². The van der Waals surface area contributed by atoms with Crippen molar-refractivity contribution in [3.63, 3.8) is 0 Å². The summed E-state index contributed by atoms with van der Waals surface area (Å²) in [5.41, 5.74) is 0.858. The van der Waals surface area contributed by atoms with Gasteiger partial charge in [-0.1, -0.05) is 23.7 Å². The molecular formula is C15H18ClNO3. The molecule has 1 atom stereocenters. The van der Waals surface area contributed by atoms with Crippen molar-refractivity contribution in [1.29, 1.82) is 0 Å². The third kappa shape index (κ3) is 3.51. The number of halogens is 1. The van der Waals surface area contributed by atoms with Crippen molar-refractivity contribution in [2.75, 3.05) is 13.7 Å². The van der Waals surface area contributed by atoms with Crippen molar-refractivity contribution in [2.24, 2.45) is 0 Å². The zero-order chi connectivity index (χ0) is 14.5. The SMILES string of the molecule is COC(=O)[C@H]1CCCCN1C(=O)Cc1cccc(Cl)c1. The topological polar surface area (TPSA) is 46.6 Å². The van der Waals surface area contributed by atoms with Crippen molar-refractivity contribution < 1.29 is 14.3 Å². The molecule has 20 heavy (non-hydrogen) atoms. The molecule has 1 aliphatic heterocycles. The molecule has 5 heteroatoms. The maximum atomic E-state index is 12.4. The number of benzene rings is 1. The number of rotatable bonds is 3. The molecule has 1 fully saturated rings. The number of methoxy groups -OCH3 is 1. The van der Waals surface area contributed by atoms with E-state index < -0.39 is 6.04 Å². The summed E-state index contributed by atoms with van der Waals surface area (Å²) >= 11 is 5.92. The average Bonchev–Trinajstić information content (AvgIpc) is 2.46. The quantitative estimate of drug-likeness (QED) is 0.805. The van der Waals surface area contributed by atoms with Gasteiger partial charge in [-0.15, -0.1) is 0 Å². The first-order valence-corrected chi connectivity index (χ1v) is 7.11. The minimum atomic E-state index is -0.444. The van der Waals surface area contributed by atoms with Crippen LogP contribution in [0.4, 0.5) is 0 Å². The minimum absolute atomic E-state index is 0.0534. The van der Waals surface area contributed by atoms with Crippen LogP contribution in [0.3, 0.4) is 0 Å². The van der Waals surface area contributed by atoms with E-state index in [9.17, 15) is 9.59 Å². The molecule has 1 aliphatic rings. The first kappa shape index (κ1) is 14.9. The molecule has 4 nitrogen and oxygen atoms in total. The normalized spacial score (nSPS) is 18.7. The molecule has 0 bridgehead atoms. The summed E-state index contributed by atoms with van der Waals surface area (Å²) < 4.78 is 4.79. The fourth-order valence-electron chi connectivity index (χ4n) is 2.53. The van der Waals surface area contributed by atoms with E-state index in [4.69, 9.17) is 16.3 Å². The van der Waals surface area contributed by atoms with Crippen molar-refractivity contribution in [3.8, 4) is 0 Å². The van der Waals surface area contributed by atoms with Gasteiger partial charge in [0.05, 0.1) is 13.5 Å². The highest BCUT2D eigenvalue weighted by Gasteiger charge is 2.32. The number of carbonyl (C=O) groups is 2. The number of piperidine rings is 1. The highest BCUT2D eigenvalue weighted by atomic mass is 35.5. The molecule has 0 saturated carbocycles. The van der Waals surface area contributed by atoms with Gasteiger partial charge in [0.25, 0.3) is 0 Å². The smallest absolute Gasteiger partial charge is 0.328 e. The Bertz CT molecular complexity index is 504. The third-order valence-corrected chi connectivity index (χ3v) is 3.78. The van der Waals surface area contributed by atoms with Crippen LogP contribution in [0.15, 0.2) is 24.3 Å². The van der Waals surface area contributed by atoms with Gasteiger partial charge >= 0.3 is 5.97 Å². The number of hydrogen-bond donors (Lipinski definition) is 0. The number of likely N-dealkylation sites (tertiary alicyclic amines) is 1. The van der Waals surface area contributed by atoms with Crippen LogP contribution in [0.25, 0.3) is 0 Å². The van der Waals surface area contributed by atoms with E-state index >= 15 is 0 Å². The van der Waals surface area contributed by atoms with Gasteiger partial charge in [-0.3, -0.25) is 4.79 Å². The van der Waals surface area contributed by atoms with Crippen molar-refractivity contribution in [2.45, 2.75) is 31.7 Å². The molecule has 108 valence electrons. The van der Waals surface area contributed by atoms with Crippen LogP contribution < -0.4 is 0 Å². The summed E-state index contributed by atoms with van der Waals surface area (Å²) in [6.07, 6.45) is 2.80. The molecule has 0 aliphatic carbocycles. The summed E-state index contributed by atoms with van der Waals surface area (Å²) in [6.45, 7) is 0.610. The third-order valence-electron chi connectivity index (χ3n) is 3.54. The Balaban J connectivity index is 2.08. The molecule has 0 spiro atoms. The van der Waals surface area contributed by atoms with E-state index in [1.54, 1.807) is 17.0 Å². The van der Waals surface area contributed by atoms with Gasteiger partial charge in [0, 0.05) is 11.6 Å². The number of ether oxygens (including phenoxy) is 1. The lowest BCUT2D eigenvalue weighted by molar-refractivity contribution is -0.154. The molecule has 1 saturated heterocycles. The number of esters is 1. The van der Waals surface area contributed by atoms with Crippen LogP contribution in [0.2, 0.25) is 5.02 Å². The van der Waals surface area contributed by atoms with Gasteiger partial charge in [-0.2, -0.15) is 0 Å². The summed E-state index contributed by atoms with van der Waals surface area (Å²) in [7, 11) is 1.36. The van der Waals surface area contributed by atoms with Gasteiger partial charge < -0.3 is 9.64 Å². The predicted octanol–water partition coefficient (Wildman–Crippen LogP) is 2.44. The van der Waals surface area contributed by atoms with Crippen LogP contribution >= 0.6 is 11.6 Å². The zero-order valence-corrected chi connectivity index (χ0v) is 12.2. The van der Waals surface area contributed by atoms with Gasteiger partial charge in [-0.25, -0.2) is 4.79 Å². The lowest BCUT2D eigenvalue weighted by Gasteiger charge is -2.33. The molecule has 2 rings (SSSR count). The van der Waals surface area contributed by atoms with Crippen LogP contribution in [0, 0.1) is 0 Å². The van der Waals surface area contributed by atoms with E-state index in [0.717, 1.165) is 18.4 Å². The largest absolute Gasteiger partial charge is 0.467 e. The lowest BCUT2D eigenvalue weighted by atomic mass is 10.0. The fourth-order valence-corrected chi connectivity index (χ4v) is 2.75. The second-order valence-corrected chi connectivity index (χ2v) is 5.37. The zero-order valence-electron chi connectivity index (χ0n) is 11.5. The molecule has 1 aromatic rings. The second kappa shape index (κ2) is 6.75. The van der Waals surface area contributed by atoms with E-state index in [0.29, 0.717) is 18.0 Å². The van der Waals surface area contributed by atoms with Gasteiger partial charge in [0.2, 0.25) is 5.91 Å². The Morgan fingerprint density at radius 3 is 2.90 bits per heavy atom. The molecule has 0 unspecified atom stereocenters. The van der Waals surface area contributed by atoms with Crippen molar-refractivity contribution in [1.82, 2.24) is 4.90 Å². The van der Waals surface area contributed by atoms with Gasteiger partial charge in [-0.05, 0) is 37.0 Å². The Labute approximate surface area is 123 Å². The summed E-state index contributed by atoms with van der Waals surface area (Å²) in [6, 6.07) is 6.78. The number of amides is 1. The molecular weight excluding hydrogens is 278 g/mol.